The minimum atomic E-state index is -0.837. The maximum Gasteiger partial charge on any atom is 0.263 e. The number of unbranched alkanes of at least 4 members (excludes halogenated alkanes) is 4. The normalized spacial score (nSPS) is 13.6. The molecular weight excluding hydrogens is 716 g/mol. The number of rotatable bonds is 18. The lowest BCUT2D eigenvalue weighted by molar-refractivity contribution is -0.914. The molecule has 0 radical (unpaired) electrons. The molecule has 0 bridgehead atoms. The van der Waals surface area contributed by atoms with Crippen LogP contribution in [0.1, 0.15) is 82.5 Å². The molecule has 9 nitrogen and oxygen atoms in total. The van der Waals surface area contributed by atoms with Crippen molar-refractivity contribution in [3.05, 3.63) is 82.1 Å². The van der Waals surface area contributed by atoms with Crippen LogP contribution < -0.4 is 41.7 Å². The molecule has 1 fully saturated rings. The molecule has 2 heterocycles. The van der Waals surface area contributed by atoms with Gasteiger partial charge < -0.3 is 45.3 Å². The van der Waals surface area contributed by atoms with Gasteiger partial charge in [-0.25, -0.2) is 8.78 Å². The molecule has 0 atom stereocenters. The van der Waals surface area contributed by atoms with Crippen molar-refractivity contribution in [1.82, 2.24) is 4.57 Å². The number of benzene rings is 3. The Morgan fingerprint density at radius 1 is 0.796 bits per heavy atom. The number of anilines is 1. The highest BCUT2D eigenvalue weighted by molar-refractivity contribution is 6.08. The summed E-state index contributed by atoms with van der Waals surface area (Å²) >= 11 is 0. The zero-order chi connectivity index (χ0) is 38.0. The first-order valence-electron chi connectivity index (χ1n) is 19.0. The Bertz CT molecular complexity index is 1890. The van der Waals surface area contributed by atoms with Crippen LogP contribution in [0.5, 0.6) is 23.0 Å². The van der Waals surface area contributed by atoms with Gasteiger partial charge in [-0.1, -0.05) is 12.8 Å². The van der Waals surface area contributed by atoms with Gasteiger partial charge in [0, 0.05) is 54.8 Å². The van der Waals surface area contributed by atoms with Gasteiger partial charge >= 0.3 is 0 Å². The predicted molar refractivity (Wildman–Crippen MR) is 205 cm³/mol. The molecule has 1 aromatic heterocycles. The first-order valence-corrected chi connectivity index (χ1v) is 19.0. The number of pyridine rings is 1. The largest absolute Gasteiger partial charge is 1.00 e. The number of carbonyl (C=O) groups is 1. The lowest BCUT2D eigenvalue weighted by Gasteiger charge is -2.37. The molecule has 4 aromatic rings. The molecule has 0 aliphatic carbocycles. The van der Waals surface area contributed by atoms with E-state index >= 15 is 0 Å². The summed E-state index contributed by atoms with van der Waals surface area (Å²) in [5, 5.41) is 0.150. The lowest BCUT2D eigenvalue weighted by atomic mass is 10.1. The fourth-order valence-corrected chi connectivity index (χ4v) is 7.29. The number of piperidine rings is 1. The highest BCUT2D eigenvalue weighted by Gasteiger charge is 2.26. The summed E-state index contributed by atoms with van der Waals surface area (Å²) in [7, 11) is 3.85. The molecule has 12 heteroatoms. The smallest absolute Gasteiger partial charge is 0.263 e. The molecule has 0 saturated carbocycles. The molecule has 1 amide bonds. The third kappa shape index (κ3) is 10.4. The quantitative estimate of drug-likeness (QED) is 0.0955. The van der Waals surface area contributed by atoms with E-state index in [0.29, 0.717) is 48.3 Å². The second-order valence-corrected chi connectivity index (χ2v) is 13.9. The number of halogens is 3. The summed E-state index contributed by atoms with van der Waals surface area (Å²) in [5.74, 6) is -0.591. The van der Waals surface area contributed by atoms with E-state index in [9.17, 15) is 18.4 Å². The number of carbonyl (C=O) groups excluding carboxylic acids is 1. The fourth-order valence-electron chi connectivity index (χ4n) is 7.29. The van der Waals surface area contributed by atoms with Crippen LogP contribution in [0, 0.1) is 11.6 Å². The summed E-state index contributed by atoms with van der Waals surface area (Å²) < 4.78 is 55.2. The maximum atomic E-state index is 14.3. The van der Waals surface area contributed by atoms with Gasteiger partial charge in [-0.05, 0) is 71.4 Å². The van der Waals surface area contributed by atoms with Crippen molar-refractivity contribution in [1.29, 1.82) is 0 Å². The van der Waals surface area contributed by atoms with Gasteiger partial charge in [-0.2, -0.15) is 0 Å². The Labute approximate surface area is 323 Å². The monoisotopic (exact) mass is 769 g/mol. The van der Waals surface area contributed by atoms with Crippen molar-refractivity contribution in [3.63, 3.8) is 0 Å². The van der Waals surface area contributed by atoms with Crippen LogP contribution in [0.2, 0.25) is 0 Å². The SMILES string of the molecule is CCOc1cc(OCC)cc(-n2cc(C(=O)N(CC)c3cc(F)cc(F)c3)c(=O)c3c(OC)cc(OCCCCCCC[N+]4(C)CCCCC4)cc32)c1.[Cl-]. The number of methoxy groups -OCH3 is 1. The number of likely N-dealkylation sites (tertiary alicyclic amines) is 1. The number of hydrogen-bond donors (Lipinski definition) is 0. The van der Waals surface area contributed by atoms with Crippen LogP contribution in [-0.4, -0.2) is 75.1 Å². The number of hydrogen-bond acceptors (Lipinski definition) is 6. The number of amides is 1. The molecule has 0 unspecified atom stereocenters. The lowest BCUT2D eigenvalue weighted by Crippen LogP contribution is -3.00. The van der Waals surface area contributed by atoms with Crippen LogP contribution in [0.25, 0.3) is 16.6 Å². The second kappa shape index (κ2) is 19.8. The Balaban J connectivity index is 0.00000650. The first-order chi connectivity index (χ1) is 25.6. The number of nitrogens with zero attached hydrogens (tertiary/aromatic N) is 3. The standard InChI is InChI=1S/C42H54F2N3O6.ClH/c1-6-45(32-22-30(43)21-31(44)23-32)42(49)37-29-46(33-24-34(51-7-2)26-35(25-33)52-8-3)38-27-36(28-39(50-5)40(38)41(37)48)53-20-16-11-9-10-13-17-47(4)18-14-12-15-19-47;/h21-29H,6-20H2,1-5H3;1H/q+1;/p-1. The van der Waals surface area contributed by atoms with Crippen molar-refractivity contribution in [3.8, 4) is 28.7 Å². The highest BCUT2D eigenvalue weighted by Crippen LogP contribution is 2.34. The number of aromatic nitrogens is 1. The summed E-state index contributed by atoms with van der Waals surface area (Å²) in [4.78, 5) is 29.6. The Hall–Kier alpha value is -4.35. The molecule has 1 saturated heterocycles. The van der Waals surface area contributed by atoms with Gasteiger partial charge in [0.2, 0.25) is 5.43 Å². The molecule has 0 N–H and O–H groups in total. The topological polar surface area (TPSA) is 79.2 Å². The second-order valence-electron chi connectivity index (χ2n) is 13.9. The van der Waals surface area contributed by atoms with E-state index in [1.54, 1.807) is 41.8 Å². The first kappa shape index (κ1) is 42.4. The van der Waals surface area contributed by atoms with Crippen LogP contribution in [0.15, 0.2) is 59.5 Å². The summed E-state index contributed by atoms with van der Waals surface area (Å²) in [6.07, 6.45) is 11.0. The molecule has 5 rings (SSSR count). The van der Waals surface area contributed by atoms with E-state index in [2.05, 4.69) is 7.05 Å². The van der Waals surface area contributed by atoms with E-state index in [-0.39, 0.29) is 41.3 Å². The van der Waals surface area contributed by atoms with Gasteiger partial charge in [0.25, 0.3) is 5.91 Å². The van der Waals surface area contributed by atoms with E-state index in [1.165, 1.54) is 74.4 Å². The number of quaternary nitrogens is 1. The molecule has 54 heavy (non-hydrogen) atoms. The molecule has 1 aliphatic heterocycles. The fraction of sp³-hybridized carbons (Fsp3) is 0.476. The van der Waals surface area contributed by atoms with Crippen molar-refractivity contribution in [2.24, 2.45) is 0 Å². The summed E-state index contributed by atoms with van der Waals surface area (Å²) in [5.41, 5.74) is 0.175. The molecular formula is C42H54ClF2N3O6. The third-order valence-electron chi connectivity index (χ3n) is 9.99. The van der Waals surface area contributed by atoms with Crippen molar-refractivity contribution >= 4 is 22.5 Å². The zero-order valence-corrected chi connectivity index (χ0v) is 33.0. The molecule has 0 spiro atoms. The van der Waals surface area contributed by atoms with Crippen LogP contribution in [0.4, 0.5) is 14.5 Å². The molecule has 294 valence electrons. The maximum absolute atomic E-state index is 14.3. The Morgan fingerprint density at radius 2 is 1.41 bits per heavy atom. The van der Waals surface area contributed by atoms with E-state index < -0.39 is 23.0 Å². The van der Waals surface area contributed by atoms with Crippen LogP contribution in [0.3, 0.4) is 0 Å². The van der Waals surface area contributed by atoms with E-state index in [0.717, 1.165) is 37.5 Å². The third-order valence-corrected chi connectivity index (χ3v) is 9.99. The van der Waals surface area contributed by atoms with E-state index in [4.69, 9.17) is 18.9 Å². The van der Waals surface area contributed by atoms with E-state index in [1.807, 2.05) is 13.8 Å². The molecule has 3 aromatic carbocycles. The van der Waals surface area contributed by atoms with Crippen LogP contribution in [-0.2, 0) is 0 Å². The van der Waals surface area contributed by atoms with Gasteiger partial charge in [0.1, 0.15) is 40.2 Å². The summed E-state index contributed by atoms with van der Waals surface area (Å²) in [6.45, 7) is 10.6. The van der Waals surface area contributed by atoms with Gasteiger partial charge in [-0.3, -0.25) is 9.59 Å². The average molecular weight is 770 g/mol. The van der Waals surface area contributed by atoms with Crippen molar-refractivity contribution < 1.29 is 49.4 Å². The molecule has 1 aliphatic rings. The average Bonchev–Trinajstić information content (AvgIpc) is 3.13. The minimum Gasteiger partial charge on any atom is -1.00 e. The Morgan fingerprint density at radius 3 is 2.02 bits per heavy atom. The predicted octanol–water partition coefficient (Wildman–Crippen LogP) is 5.71. The summed E-state index contributed by atoms with van der Waals surface area (Å²) in [6, 6.07) is 11.6. The number of ether oxygens (including phenoxy) is 4. The van der Waals surface area contributed by atoms with Crippen molar-refractivity contribution in [2.75, 3.05) is 65.1 Å². The zero-order valence-electron chi connectivity index (χ0n) is 32.2. The Kier molecular flexibility index (Phi) is 15.6. The number of fused-ring (bicyclic) bond motifs is 1. The van der Waals surface area contributed by atoms with Gasteiger partial charge in [-0.15, -0.1) is 0 Å². The van der Waals surface area contributed by atoms with Crippen molar-refractivity contribution in [2.45, 2.75) is 72.1 Å². The minimum absolute atomic E-state index is 0. The van der Waals surface area contributed by atoms with Gasteiger partial charge in [0.15, 0.2) is 0 Å². The highest BCUT2D eigenvalue weighted by atomic mass is 35.5. The van der Waals surface area contributed by atoms with Crippen LogP contribution >= 0.6 is 0 Å². The van der Waals surface area contributed by atoms with Gasteiger partial charge in [0.05, 0.1) is 70.2 Å².